The molecule has 1 heteroatoms. The van der Waals surface area contributed by atoms with Crippen LogP contribution >= 0.6 is 0 Å². The zero-order chi connectivity index (χ0) is 10.7. The summed E-state index contributed by atoms with van der Waals surface area (Å²) in [7, 11) is 0. The van der Waals surface area contributed by atoms with Crippen LogP contribution < -0.4 is 0 Å². The average Bonchev–Trinajstić information content (AvgIpc) is 2.25. The lowest BCUT2D eigenvalue weighted by Crippen LogP contribution is -2.37. The quantitative estimate of drug-likeness (QED) is 0.713. The highest BCUT2D eigenvalue weighted by molar-refractivity contribution is 5.14. The summed E-state index contributed by atoms with van der Waals surface area (Å²) in [4.78, 5) is 2.58. The molecule has 2 rings (SSSR count). The van der Waals surface area contributed by atoms with Crippen molar-refractivity contribution in [2.24, 2.45) is 11.8 Å². The molecule has 1 nitrogen and oxygen atoms in total. The van der Waals surface area contributed by atoms with Gasteiger partial charge in [0.05, 0.1) is 0 Å². The van der Waals surface area contributed by atoms with E-state index in [9.17, 15) is 0 Å². The lowest BCUT2D eigenvalue weighted by atomic mass is 9.88. The summed E-state index contributed by atoms with van der Waals surface area (Å²) in [6.07, 6.45) is 1.36. The van der Waals surface area contributed by atoms with Crippen LogP contribution in [0.4, 0.5) is 0 Å². The summed E-state index contributed by atoms with van der Waals surface area (Å²) in [5.74, 6) is 1.75. The van der Waals surface area contributed by atoms with E-state index in [0.717, 1.165) is 18.4 Å². The van der Waals surface area contributed by atoms with Crippen molar-refractivity contribution in [3.8, 4) is 0 Å². The lowest BCUT2D eigenvalue weighted by molar-refractivity contribution is 0.132. The normalized spacial score (nSPS) is 27.9. The molecule has 0 aromatic heterocycles. The van der Waals surface area contributed by atoms with Crippen molar-refractivity contribution in [1.82, 2.24) is 4.90 Å². The Labute approximate surface area is 93.1 Å². The number of rotatable bonds is 2. The van der Waals surface area contributed by atoms with E-state index in [1.165, 1.54) is 25.1 Å². The van der Waals surface area contributed by atoms with Gasteiger partial charge in [-0.3, -0.25) is 4.90 Å². The largest absolute Gasteiger partial charge is 0.299 e. The van der Waals surface area contributed by atoms with Gasteiger partial charge in [0.2, 0.25) is 0 Å². The molecule has 0 spiro atoms. The van der Waals surface area contributed by atoms with Crippen LogP contribution in [0.2, 0.25) is 0 Å². The van der Waals surface area contributed by atoms with Crippen molar-refractivity contribution in [1.29, 1.82) is 0 Å². The molecule has 0 saturated carbocycles. The fraction of sp³-hybridized carbons (Fsp3) is 0.571. The number of nitrogens with zero attached hydrogens (tertiary/aromatic N) is 1. The zero-order valence-corrected chi connectivity index (χ0v) is 9.82. The third-order valence-corrected chi connectivity index (χ3v) is 3.67. The highest BCUT2D eigenvalue weighted by Crippen LogP contribution is 2.23. The van der Waals surface area contributed by atoms with E-state index in [2.05, 4.69) is 49.1 Å². The van der Waals surface area contributed by atoms with Crippen LogP contribution in [0, 0.1) is 11.8 Å². The van der Waals surface area contributed by atoms with Crippen molar-refractivity contribution >= 4 is 0 Å². The van der Waals surface area contributed by atoms with Gasteiger partial charge in [-0.15, -0.1) is 0 Å². The Morgan fingerprint density at radius 2 is 1.87 bits per heavy atom. The Morgan fingerprint density at radius 1 is 1.13 bits per heavy atom. The minimum atomic E-state index is 0.850. The summed E-state index contributed by atoms with van der Waals surface area (Å²) < 4.78 is 0. The van der Waals surface area contributed by atoms with Crippen LogP contribution in [-0.2, 0) is 6.54 Å². The Morgan fingerprint density at radius 3 is 2.53 bits per heavy atom. The minimum absolute atomic E-state index is 0.850. The molecule has 0 aliphatic carbocycles. The standard InChI is InChI=1S/C14H21N/c1-12-8-9-15(10-13(12)2)11-14-6-4-3-5-7-14/h3-7,12-13H,8-11H2,1-2H3/t12-,13+/m0/s1. The molecule has 1 saturated heterocycles. The second-order valence-corrected chi connectivity index (χ2v) is 4.96. The van der Waals surface area contributed by atoms with Gasteiger partial charge in [-0.05, 0) is 30.4 Å². The predicted octanol–water partition coefficient (Wildman–Crippen LogP) is 3.16. The molecule has 2 atom stereocenters. The van der Waals surface area contributed by atoms with Gasteiger partial charge in [0.1, 0.15) is 0 Å². The lowest BCUT2D eigenvalue weighted by Gasteiger charge is -2.35. The van der Waals surface area contributed by atoms with Crippen LogP contribution in [0.5, 0.6) is 0 Å². The fourth-order valence-electron chi connectivity index (χ4n) is 2.33. The smallest absolute Gasteiger partial charge is 0.0233 e. The van der Waals surface area contributed by atoms with Gasteiger partial charge in [-0.1, -0.05) is 44.2 Å². The number of hydrogen-bond acceptors (Lipinski definition) is 1. The van der Waals surface area contributed by atoms with Crippen molar-refractivity contribution in [3.05, 3.63) is 35.9 Å². The topological polar surface area (TPSA) is 3.24 Å². The molecule has 1 aromatic carbocycles. The Kier molecular flexibility index (Phi) is 3.42. The van der Waals surface area contributed by atoms with Gasteiger partial charge in [0.15, 0.2) is 0 Å². The molecule has 1 fully saturated rings. The molecule has 15 heavy (non-hydrogen) atoms. The summed E-state index contributed by atoms with van der Waals surface area (Å²) in [6, 6.07) is 10.8. The monoisotopic (exact) mass is 203 g/mol. The Balaban J connectivity index is 1.91. The number of benzene rings is 1. The molecular weight excluding hydrogens is 182 g/mol. The van der Waals surface area contributed by atoms with Crippen molar-refractivity contribution in [3.63, 3.8) is 0 Å². The summed E-state index contributed by atoms with van der Waals surface area (Å²) >= 11 is 0. The van der Waals surface area contributed by atoms with Gasteiger partial charge in [0.25, 0.3) is 0 Å². The van der Waals surface area contributed by atoms with Gasteiger partial charge in [-0.25, -0.2) is 0 Å². The Bertz CT molecular complexity index is 293. The van der Waals surface area contributed by atoms with E-state index >= 15 is 0 Å². The van der Waals surface area contributed by atoms with E-state index in [0.29, 0.717) is 0 Å². The minimum Gasteiger partial charge on any atom is -0.299 e. The molecule has 82 valence electrons. The number of likely N-dealkylation sites (tertiary alicyclic amines) is 1. The molecule has 0 unspecified atom stereocenters. The highest BCUT2D eigenvalue weighted by atomic mass is 15.1. The zero-order valence-electron chi connectivity index (χ0n) is 9.82. The molecule has 0 radical (unpaired) electrons. The second kappa shape index (κ2) is 4.80. The maximum Gasteiger partial charge on any atom is 0.0233 e. The van der Waals surface area contributed by atoms with Crippen molar-refractivity contribution < 1.29 is 0 Å². The molecule has 0 N–H and O–H groups in total. The van der Waals surface area contributed by atoms with Gasteiger partial charge >= 0.3 is 0 Å². The van der Waals surface area contributed by atoms with Gasteiger partial charge < -0.3 is 0 Å². The molecule has 1 aliphatic heterocycles. The molecule has 1 aromatic rings. The Hall–Kier alpha value is -0.820. The third kappa shape index (κ3) is 2.82. The van der Waals surface area contributed by atoms with E-state index in [4.69, 9.17) is 0 Å². The predicted molar refractivity (Wildman–Crippen MR) is 64.7 cm³/mol. The second-order valence-electron chi connectivity index (χ2n) is 4.96. The molecule has 1 aliphatic rings. The van der Waals surface area contributed by atoms with Crippen molar-refractivity contribution in [2.45, 2.75) is 26.8 Å². The molecule has 0 bridgehead atoms. The number of hydrogen-bond donors (Lipinski definition) is 0. The SMILES string of the molecule is C[C@@H]1CN(Cc2ccccc2)CC[C@@H]1C. The first kappa shape index (κ1) is 10.7. The van der Waals surface area contributed by atoms with E-state index in [-0.39, 0.29) is 0 Å². The highest BCUT2D eigenvalue weighted by Gasteiger charge is 2.22. The third-order valence-electron chi connectivity index (χ3n) is 3.67. The fourth-order valence-corrected chi connectivity index (χ4v) is 2.33. The van der Waals surface area contributed by atoms with Crippen LogP contribution in [0.3, 0.4) is 0 Å². The molecular formula is C14H21N. The first-order chi connectivity index (χ1) is 7.25. The van der Waals surface area contributed by atoms with Crippen LogP contribution in [0.15, 0.2) is 30.3 Å². The maximum absolute atomic E-state index is 2.58. The van der Waals surface area contributed by atoms with E-state index in [1.807, 2.05) is 0 Å². The van der Waals surface area contributed by atoms with E-state index < -0.39 is 0 Å². The average molecular weight is 203 g/mol. The summed E-state index contributed by atoms with van der Waals surface area (Å²) in [5, 5.41) is 0. The van der Waals surface area contributed by atoms with E-state index in [1.54, 1.807) is 0 Å². The van der Waals surface area contributed by atoms with Crippen LogP contribution in [0.1, 0.15) is 25.8 Å². The van der Waals surface area contributed by atoms with Crippen molar-refractivity contribution in [2.75, 3.05) is 13.1 Å². The first-order valence-corrected chi connectivity index (χ1v) is 6.02. The number of piperidine rings is 1. The van der Waals surface area contributed by atoms with Gasteiger partial charge in [0, 0.05) is 13.1 Å². The summed E-state index contributed by atoms with van der Waals surface area (Å²) in [6.45, 7) is 8.40. The van der Waals surface area contributed by atoms with Crippen LogP contribution in [0.25, 0.3) is 0 Å². The van der Waals surface area contributed by atoms with Gasteiger partial charge in [-0.2, -0.15) is 0 Å². The molecule has 0 amide bonds. The first-order valence-electron chi connectivity index (χ1n) is 6.02. The molecule has 1 heterocycles. The maximum atomic E-state index is 2.58. The summed E-state index contributed by atoms with van der Waals surface area (Å²) in [5.41, 5.74) is 1.44. The van der Waals surface area contributed by atoms with Crippen LogP contribution in [-0.4, -0.2) is 18.0 Å².